The molecule has 0 saturated heterocycles. The number of amides is 1. The fourth-order valence-corrected chi connectivity index (χ4v) is 3.47. The lowest BCUT2D eigenvalue weighted by Gasteiger charge is -2.28. The first-order chi connectivity index (χ1) is 9.74. The number of thioether (sulfide) groups is 1. The Kier molecular flexibility index (Phi) is 5.86. The molecule has 1 heterocycles. The maximum absolute atomic E-state index is 12.0. The van der Waals surface area contributed by atoms with Crippen LogP contribution in [0.5, 0.6) is 0 Å². The number of carbonyl (C=O) groups excluding carboxylic acids is 1. The maximum Gasteiger partial charge on any atom is 0.221 e. The molecule has 0 radical (unpaired) electrons. The van der Waals surface area contributed by atoms with Gasteiger partial charge in [-0.15, -0.1) is 0 Å². The van der Waals surface area contributed by atoms with Crippen LogP contribution in [-0.2, 0) is 10.5 Å². The van der Waals surface area contributed by atoms with Crippen molar-refractivity contribution in [2.45, 2.75) is 43.4 Å². The van der Waals surface area contributed by atoms with Crippen molar-refractivity contribution >= 4 is 17.7 Å². The molecule has 0 aliphatic heterocycles. The maximum atomic E-state index is 12.0. The third-order valence-electron chi connectivity index (χ3n) is 3.81. The van der Waals surface area contributed by atoms with Crippen molar-refractivity contribution in [3.05, 3.63) is 30.1 Å². The Morgan fingerprint density at radius 3 is 2.85 bits per heavy atom. The smallest absolute Gasteiger partial charge is 0.221 e. The first kappa shape index (κ1) is 15.3. The van der Waals surface area contributed by atoms with Crippen LogP contribution < -0.4 is 11.1 Å². The first-order valence-corrected chi connectivity index (χ1v) is 8.38. The van der Waals surface area contributed by atoms with Gasteiger partial charge in [-0.1, -0.05) is 18.9 Å². The number of hydrogen-bond acceptors (Lipinski definition) is 4. The van der Waals surface area contributed by atoms with E-state index in [-0.39, 0.29) is 11.4 Å². The fraction of sp³-hybridized carbons (Fsp3) is 0.600. The molecule has 3 N–H and O–H groups in total. The Labute approximate surface area is 124 Å². The molecule has 4 nitrogen and oxygen atoms in total. The Morgan fingerprint density at radius 1 is 1.40 bits per heavy atom. The van der Waals surface area contributed by atoms with E-state index < -0.39 is 0 Å². The summed E-state index contributed by atoms with van der Waals surface area (Å²) in [5, 5.41) is 3.15. The molecule has 1 saturated carbocycles. The number of nitrogens with zero attached hydrogens (tertiary/aromatic N) is 1. The average molecular weight is 293 g/mol. The monoisotopic (exact) mass is 293 g/mol. The second-order valence-electron chi connectivity index (χ2n) is 5.36. The van der Waals surface area contributed by atoms with Crippen molar-refractivity contribution in [2.24, 2.45) is 5.73 Å². The highest BCUT2D eigenvalue weighted by atomic mass is 32.2. The van der Waals surface area contributed by atoms with Crippen LogP contribution in [0.1, 0.15) is 37.8 Å². The summed E-state index contributed by atoms with van der Waals surface area (Å²) in [6.45, 7) is 0.555. The molecule has 0 spiro atoms. The zero-order chi connectivity index (χ0) is 14.3. The van der Waals surface area contributed by atoms with Crippen LogP contribution in [-0.4, -0.2) is 28.7 Å². The molecular weight excluding hydrogens is 270 g/mol. The van der Waals surface area contributed by atoms with E-state index in [1.807, 2.05) is 18.2 Å². The van der Waals surface area contributed by atoms with Gasteiger partial charge in [0, 0.05) is 30.7 Å². The van der Waals surface area contributed by atoms with Crippen molar-refractivity contribution in [1.82, 2.24) is 10.3 Å². The molecule has 1 aliphatic rings. The molecule has 0 aromatic carbocycles. The highest BCUT2D eigenvalue weighted by Crippen LogP contribution is 2.28. The lowest BCUT2D eigenvalue weighted by molar-refractivity contribution is -0.122. The van der Waals surface area contributed by atoms with Gasteiger partial charge in [0.1, 0.15) is 0 Å². The number of nitrogens with one attached hydrogen (secondary N) is 1. The molecule has 0 atom stereocenters. The summed E-state index contributed by atoms with van der Waals surface area (Å²) in [6.07, 6.45) is 6.75. The van der Waals surface area contributed by atoms with E-state index in [9.17, 15) is 4.79 Å². The molecule has 1 aliphatic carbocycles. The van der Waals surface area contributed by atoms with Gasteiger partial charge < -0.3 is 11.1 Å². The molecule has 0 bridgehead atoms. The van der Waals surface area contributed by atoms with Gasteiger partial charge in [0.15, 0.2) is 0 Å². The van der Waals surface area contributed by atoms with Gasteiger partial charge >= 0.3 is 0 Å². The zero-order valence-corrected chi connectivity index (χ0v) is 12.6. The van der Waals surface area contributed by atoms with Crippen LogP contribution in [0.15, 0.2) is 24.4 Å². The third kappa shape index (κ3) is 4.49. The minimum absolute atomic E-state index is 0.122. The van der Waals surface area contributed by atoms with Gasteiger partial charge in [0.05, 0.1) is 11.2 Å². The van der Waals surface area contributed by atoms with Crippen LogP contribution in [0.4, 0.5) is 0 Å². The summed E-state index contributed by atoms with van der Waals surface area (Å²) in [7, 11) is 0. The van der Waals surface area contributed by atoms with Crippen molar-refractivity contribution in [3.63, 3.8) is 0 Å². The van der Waals surface area contributed by atoms with Crippen LogP contribution in [0.2, 0.25) is 0 Å². The number of rotatable bonds is 7. The van der Waals surface area contributed by atoms with E-state index in [4.69, 9.17) is 5.73 Å². The number of hydrogen-bond donors (Lipinski definition) is 2. The van der Waals surface area contributed by atoms with Gasteiger partial charge in [-0.05, 0) is 25.0 Å². The molecular formula is C15H23N3OS. The number of pyridine rings is 1. The summed E-state index contributed by atoms with van der Waals surface area (Å²) in [4.78, 5) is 16.2. The lowest BCUT2D eigenvalue weighted by Crippen LogP contribution is -2.51. The summed E-state index contributed by atoms with van der Waals surface area (Å²) in [6, 6.07) is 5.91. The van der Waals surface area contributed by atoms with E-state index in [0.717, 1.165) is 30.0 Å². The highest BCUT2D eigenvalue weighted by molar-refractivity contribution is 7.98. The average Bonchev–Trinajstić information content (AvgIpc) is 2.94. The van der Waals surface area contributed by atoms with E-state index in [1.165, 1.54) is 12.8 Å². The van der Waals surface area contributed by atoms with Crippen LogP contribution in [0, 0.1) is 0 Å². The first-order valence-electron chi connectivity index (χ1n) is 7.23. The van der Waals surface area contributed by atoms with Crippen molar-refractivity contribution in [3.8, 4) is 0 Å². The second-order valence-corrected chi connectivity index (χ2v) is 6.47. The SMILES string of the molecule is NCC1(NC(=O)CCSCc2ccccn2)CCCC1. The molecule has 1 aromatic rings. The minimum Gasteiger partial charge on any atom is -0.349 e. The van der Waals surface area contributed by atoms with E-state index in [1.54, 1.807) is 18.0 Å². The molecule has 20 heavy (non-hydrogen) atoms. The van der Waals surface area contributed by atoms with E-state index in [0.29, 0.717) is 13.0 Å². The number of carbonyl (C=O) groups is 1. The topological polar surface area (TPSA) is 68.0 Å². The number of nitrogens with two attached hydrogens (primary N) is 1. The predicted molar refractivity (Wildman–Crippen MR) is 83.4 cm³/mol. The van der Waals surface area contributed by atoms with Crippen LogP contribution in [0.3, 0.4) is 0 Å². The quantitative estimate of drug-likeness (QED) is 0.755. The van der Waals surface area contributed by atoms with Crippen LogP contribution >= 0.6 is 11.8 Å². The van der Waals surface area contributed by atoms with Gasteiger partial charge in [0.25, 0.3) is 0 Å². The third-order valence-corrected chi connectivity index (χ3v) is 4.80. The molecule has 110 valence electrons. The standard InChI is InChI=1S/C15H23N3OS/c16-12-15(7-2-3-8-15)18-14(19)6-10-20-11-13-5-1-4-9-17-13/h1,4-5,9H,2-3,6-8,10-12,16H2,(H,18,19). The van der Waals surface area contributed by atoms with Crippen molar-refractivity contribution in [2.75, 3.05) is 12.3 Å². The second kappa shape index (κ2) is 7.64. The van der Waals surface area contributed by atoms with Gasteiger partial charge in [-0.2, -0.15) is 11.8 Å². The van der Waals surface area contributed by atoms with E-state index >= 15 is 0 Å². The van der Waals surface area contributed by atoms with Crippen molar-refractivity contribution in [1.29, 1.82) is 0 Å². The summed E-state index contributed by atoms with van der Waals surface area (Å²) in [5.74, 6) is 1.81. The molecule has 2 rings (SSSR count). The summed E-state index contributed by atoms with van der Waals surface area (Å²) in [5.41, 5.74) is 6.76. The van der Waals surface area contributed by atoms with E-state index in [2.05, 4.69) is 10.3 Å². The van der Waals surface area contributed by atoms with Crippen LogP contribution in [0.25, 0.3) is 0 Å². The summed E-state index contributed by atoms with van der Waals surface area (Å²) >= 11 is 1.74. The molecule has 5 heteroatoms. The molecule has 1 fully saturated rings. The largest absolute Gasteiger partial charge is 0.349 e. The van der Waals surface area contributed by atoms with Gasteiger partial charge in [-0.25, -0.2) is 0 Å². The van der Waals surface area contributed by atoms with Gasteiger partial charge in [-0.3, -0.25) is 9.78 Å². The summed E-state index contributed by atoms with van der Waals surface area (Å²) < 4.78 is 0. The predicted octanol–water partition coefficient (Wildman–Crippen LogP) is 2.09. The Hall–Kier alpha value is -1.07. The lowest BCUT2D eigenvalue weighted by atomic mass is 9.98. The number of aromatic nitrogens is 1. The van der Waals surface area contributed by atoms with Crippen molar-refractivity contribution < 1.29 is 4.79 Å². The zero-order valence-electron chi connectivity index (χ0n) is 11.8. The molecule has 1 amide bonds. The Morgan fingerprint density at radius 2 is 2.20 bits per heavy atom. The molecule has 1 aromatic heterocycles. The fourth-order valence-electron chi connectivity index (χ4n) is 2.62. The molecule has 0 unspecified atom stereocenters. The normalized spacial score (nSPS) is 17.1. The van der Waals surface area contributed by atoms with Gasteiger partial charge in [0.2, 0.25) is 5.91 Å². The Balaban J connectivity index is 1.65. The highest BCUT2D eigenvalue weighted by Gasteiger charge is 2.33. The Bertz CT molecular complexity index is 418. The minimum atomic E-state index is -0.122.